The Kier molecular flexibility index (Phi) is 5.46. The zero-order valence-corrected chi connectivity index (χ0v) is 16.7. The van der Waals surface area contributed by atoms with Crippen LogP contribution in [0.4, 0.5) is 0 Å². The Morgan fingerprint density at radius 3 is 2.07 bits per heavy atom. The standard InChI is InChI=1S/C23H24O6/c1-15(19(25)17-7-5-4-6-8-17)13-23(14-16-9-11-18(24)12-10-16)20(26)28-22(2,3)29-21(23)27/h4-12,15,24H,13-14H2,1-3H3/t15-/m0/s1. The lowest BCUT2D eigenvalue weighted by Gasteiger charge is -2.41. The molecule has 1 N–H and O–H groups in total. The van der Waals surface area contributed by atoms with Crippen molar-refractivity contribution in [2.45, 2.75) is 39.4 Å². The number of hydrogen-bond donors (Lipinski definition) is 1. The van der Waals surface area contributed by atoms with Gasteiger partial charge in [-0.3, -0.25) is 14.4 Å². The van der Waals surface area contributed by atoms with Gasteiger partial charge in [-0.2, -0.15) is 0 Å². The van der Waals surface area contributed by atoms with E-state index in [0.717, 1.165) is 0 Å². The molecule has 2 aromatic carbocycles. The summed E-state index contributed by atoms with van der Waals surface area (Å²) in [5, 5.41) is 9.52. The number of Topliss-reactive ketones (excluding diaryl/α,β-unsaturated/α-hetero) is 1. The minimum absolute atomic E-state index is 0.00738. The molecule has 0 bridgehead atoms. The number of esters is 2. The van der Waals surface area contributed by atoms with E-state index in [0.29, 0.717) is 11.1 Å². The Morgan fingerprint density at radius 1 is 0.966 bits per heavy atom. The maximum absolute atomic E-state index is 13.0. The fourth-order valence-electron chi connectivity index (χ4n) is 3.59. The average Bonchev–Trinajstić information content (AvgIpc) is 2.67. The molecule has 152 valence electrons. The van der Waals surface area contributed by atoms with Crippen LogP contribution < -0.4 is 0 Å². The Morgan fingerprint density at radius 2 is 1.52 bits per heavy atom. The number of hydrogen-bond acceptors (Lipinski definition) is 6. The van der Waals surface area contributed by atoms with Gasteiger partial charge in [0.2, 0.25) is 0 Å². The molecule has 0 aliphatic carbocycles. The Balaban J connectivity index is 1.94. The van der Waals surface area contributed by atoms with Gasteiger partial charge < -0.3 is 14.6 Å². The van der Waals surface area contributed by atoms with E-state index < -0.39 is 29.1 Å². The van der Waals surface area contributed by atoms with Gasteiger partial charge >= 0.3 is 11.9 Å². The summed E-state index contributed by atoms with van der Waals surface area (Å²) in [6.07, 6.45) is -0.0389. The van der Waals surface area contributed by atoms with Crippen LogP contribution in [0, 0.1) is 11.3 Å². The van der Waals surface area contributed by atoms with Crippen LogP contribution in [0.3, 0.4) is 0 Å². The van der Waals surface area contributed by atoms with Crippen molar-refractivity contribution in [3.05, 3.63) is 65.7 Å². The molecular weight excluding hydrogens is 372 g/mol. The van der Waals surface area contributed by atoms with E-state index in [1.165, 1.54) is 26.0 Å². The van der Waals surface area contributed by atoms with Crippen LogP contribution in [-0.4, -0.2) is 28.6 Å². The highest BCUT2D eigenvalue weighted by Crippen LogP contribution is 2.41. The molecule has 0 spiro atoms. The van der Waals surface area contributed by atoms with Gasteiger partial charge in [0.05, 0.1) is 0 Å². The van der Waals surface area contributed by atoms with Crippen molar-refractivity contribution in [2.75, 3.05) is 0 Å². The molecule has 29 heavy (non-hydrogen) atoms. The van der Waals surface area contributed by atoms with Crippen LogP contribution in [0.2, 0.25) is 0 Å². The third-order valence-corrected chi connectivity index (χ3v) is 5.06. The molecule has 1 atom stereocenters. The number of benzene rings is 2. The summed E-state index contributed by atoms with van der Waals surface area (Å²) in [6, 6.07) is 14.9. The predicted octanol–water partition coefficient (Wildman–Crippen LogP) is 3.67. The first-order valence-electron chi connectivity index (χ1n) is 9.47. The third kappa shape index (κ3) is 4.31. The molecule has 0 unspecified atom stereocenters. The number of aromatic hydroxyl groups is 1. The largest absolute Gasteiger partial charge is 0.508 e. The lowest BCUT2D eigenvalue weighted by Crippen LogP contribution is -2.55. The van der Waals surface area contributed by atoms with Crippen LogP contribution in [-0.2, 0) is 25.5 Å². The second kappa shape index (κ2) is 7.70. The maximum atomic E-state index is 13.0. The summed E-state index contributed by atoms with van der Waals surface area (Å²) >= 11 is 0. The fraction of sp³-hybridized carbons (Fsp3) is 0.348. The molecule has 0 amide bonds. The van der Waals surface area contributed by atoms with Crippen molar-refractivity contribution >= 4 is 17.7 Å². The molecule has 1 saturated heterocycles. The smallest absolute Gasteiger partial charge is 0.327 e. The van der Waals surface area contributed by atoms with Crippen LogP contribution >= 0.6 is 0 Å². The maximum Gasteiger partial charge on any atom is 0.327 e. The van der Waals surface area contributed by atoms with Crippen LogP contribution in [0.15, 0.2) is 54.6 Å². The topological polar surface area (TPSA) is 89.9 Å². The number of carbonyl (C=O) groups excluding carboxylic acids is 3. The molecule has 0 aromatic heterocycles. The minimum Gasteiger partial charge on any atom is -0.508 e. The number of ether oxygens (including phenoxy) is 2. The van der Waals surface area contributed by atoms with E-state index in [4.69, 9.17) is 9.47 Å². The first-order valence-corrected chi connectivity index (χ1v) is 9.47. The van der Waals surface area contributed by atoms with Crippen molar-refractivity contribution in [3.8, 4) is 5.75 Å². The molecule has 6 heteroatoms. The summed E-state index contributed by atoms with van der Waals surface area (Å²) < 4.78 is 10.8. The molecule has 1 heterocycles. The fourth-order valence-corrected chi connectivity index (χ4v) is 3.59. The zero-order valence-electron chi connectivity index (χ0n) is 16.7. The monoisotopic (exact) mass is 396 g/mol. The van der Waals surface area contributed by atoms with Crippen LogP contribution in [0.5, 0.6) is 5.75 Å². The van der Waals surface area contributed by atoms with Gasteiger partial charge in [0, 0.05) is 25.3 Å². The van der Waals surface area contributed by atoms with E-state index in [1.54, 1.807) is 43.3 Å². The molecule has 1 fully saturated rings. The number of rotatable bonds is 6. The first kappa shape index (κ1) is 20.6. The quantitative estimate of drug-likeness (QED) is 0.455. The van der Waals surface area contributed by atoms with Gasteiger partial charge in [-0.15, -0.1) is 0 Å². The van der Waals surface area contributed by atoms with Gasteiger partial charge in [0.15, 0.2) is 11.2 Å². The highest BCUT2D eigenvalue weighted by molar-refractivity contribution is 6.04. The SMILES string of the molecule is C[C@@H](CC1(Cc2ccc(O)cc2)C(=O)OC(C)(C)OC1=O)C(=O)c1ccccc1. The number of ketones is 1. The Hall–Kier alpha value is -3.15. The molecule has 0 saturated carbocycles. The van der Waals surface area contributed by atoms with Gasteiger partial charge in [0.25, 0.3) is 5.79 Å². The van der Waals surface area contributed by atoms with Gasteiger partial charge in [-0.25, -0.2) is 0 Å². The van der Waals surface area contributed by atoms with Gasteiger partial charge in [0.1, 0.15) is 5.75 Å². The molecule has 3 rings (SSSR count). The Labute approximate surface area is 169 Å². The highest BCUT2D eigenvalue weighted by Gasteiger charge is 2.57. The van der Waals surface area contributed by atoms with E-state index in [9.17, 15) is 19.5 Å². The molecule has 1 aliphatic rings. The van der Waals surface area contributed by atoms with Crippen molar-refractivity contribution in [1.82, 2.24) is 0 Å². The summed E-state index contributed by atoms with van der Waals surface area (Å²) in [4.78, 5) is 38.9. The van der Waals surface area contributed by atoms with Gasteiger partial charge in [-0.05, 0) is 30.5 Å². The minimum atomic E-state index is -1.64. The predicted molar refractivity (Wildman–Crippen MR) is 105 cm³/mol. The van der Waals surface area contributed by atoms with E-state index in [1.807, 2.05) is 6.07 Å². The molecule has 2 aromatic rings. The van der Waals surface area contributed by atoms with Crippen molar-refractivity contribution in [3.63, 3.8) is 0 Å². The second-order valence-electron chi connectivity index (χ2n) is 7.94. The summed E-state index contributed by atoms with van der Waals surface area (Å²) in [5.74, 6) is -3.49. The summed E-state index contributed by atoms with van der Waals surface area (Å²) in [7, 11) is 0. The third-order valence-electron chi connectivity index (χ3n) is 5.06. The lowest BCUT2D eigenvalue weighted by atomic mass is 9.73. The summed E-state index contributed by atoms with van der Waals surface area (Å²) in [5.41, 5.74) is -0.482. The van der Waals surface area contributed by atoms with Gasteiger partial charge in [-0.1, -0.05) is 49.4 Å². The normalized spacial score (nSPS) is 18.4. The Bertz CT molecular complexity index is 894. The zero-order chi connectivity index (χ0) is 21.2. The van der Waals surface area contributed by atoms with Crippen molar-refractivity contribution in [1.29, 1.82) is 0 Å². The number of carbonyl (C=O) groups is 3. The lowest BCUT2D eigenvalue weighted by molar-refractivity contribution is -0.252. The highest BCUT2D eigenvalue weighted by atomic mass is 16.7. The molecular formula is C23H24O6. The van der Waals surface area contributed by atoms with Crippen LogP contribution in [0.1, 0.15) is 43.1 Å². The molecule has 1 aliphatic heterocycles. The number of phenols is 1. The summed E-state index contributed by atoms with van der Waals surface area (Å²) in [6.45, 7) is 4.67. The van der Waals surface area contributed by atoms with E-state index in [2.05, 4.69) is 0 Å². The second-order valence-corrected chi connectivity index (χ2v) is 7.94. The van der Waals surface area contributed by atoms with Crippen LogP contribution in [0.25, 0.3) is 0 Å². The average molecular weight is 396 g/mol. The first-order chi connectivity index (χ1) is 13.6. The van der Waals surface area contributed by atoms with E-state index >= 15 is 0 Å². The number of phenolic OH excluding ortho intramolecular Hbond substituents is 1. The van der Waals surface area contributed by atoms with Crippen molar-refractivity contribution < 1.29 is 29.0 Å². The van der Waals surface area contributed by atoms with E-state index in [-0.39, 0.29) is 24.4 Å². The van der Waals surface area contributed by atoms with Crippen molar-refractivity contribution in [2.24, 2.45) is 11.3 Å². The molecule has 0 radical (unpaired) electrons. The number of cyclic esters (lactones) is 2. The molecule has 6 nitrogen and oxygen atoms in total.